The molecule has 2 aromatic carbocycles. The number of hydrogen-bond acceptors (Lipinski definition) is 4. The van der Waals surface area contributed by atoms with Gasteiger partial charge in [-0.25, -0.2) is 0 Å². The maximum atomic E-state index is 11.9. The first kappa shape index (κ1) is 16.1. The SMILES string of the molecule is NCCCC(N)C(=O)NC(=O)Cc1ccc2ccccc2c1. The first-order chi connectivity index (χ1) is 10.6. The Morgan fingerprint density at radius 3 is 2.55 bits per heavy atom. The van der Waals surface area contributed by atoms with Crippen molar-refractivity contribution in [2.75, 3.05) is 6.54 Å². The monoisotopic (exact) mass is 299 g/mol. The Hall–Kier alpha value is -2.24. The highest BCUT2D eigenvalue weighted by Gasteiger charge is 2.16. The van der Waals surface area contributed by atoms with E-state index < -0.39 is 11.9 Å². The van der Waals surface area contributed by atoms with Crippen LogP contribution in [0, 0.1) is 0 Å². The summed E-state index contributed by atoms with van der Waals surface area (Å²) in [5.74, 6) is -0.789. The van der Waals surface area contributed by atoms with Crippen molar-refractivity contribution in [1.29, 1.82) is 0 Å². The molecule has 2 amide bonds. The third kappa shape index (κ3) is 4.38. The Balaban J connectivity index is 1.94. The molecule has 0 spiro atoms. The number of imide groups is 1. The zero-order chi connectivity index (χ0) is 15.9. The van der Waals surface area contributed by atoms with Crippen LogP contribution in [-0.4, -0.2) is 24.4 Å². The Morgan fingerprint density at radius 1 is 1.09 bits per heavy atom. The minimum atomic E-state index is -0.691. The van der Waals surface area contributed by atoms with Crippen LogP contribution in [0.5, 0.6) is 0 Å². The average Bonchev–Trinajstić information content (AvgIpc) is 2.52. The highest BCUT2D eigenvalue weighted by molar-refractivity contribution is 5.98. The number of carbonyl (C=O) groups excluding carboxylic acids is 2. The number of carbonyl (C=O) groups is 2. The number of benzene rings is 2. The molecule has 1 atom stereocenters. The predicted molar refractivity (Wildman–Crippen MR) is 87.1 cm³/mol. The van der Waals surface area contributed by atoms with Gasteiger partial charge in [0.1, 0.15) is 0 Å². The lowest BCUT2D eigenvalue weighted by Gasteiger charge is -2.11. The van der Waals surface area contributed by atoms with Gasteiger partial charge < -0.3 is 11.5 Å². The molecule has 5 nitrogen and oxygen atoms in total. The van der Waals surface area contributed by atoms with E-state index in [0.717, 1.165) is 16.3 Å². The fourth-order valence-electron chi connectivity index (χ4n) is 2.28. The third-order valence-electron chi connectivity index (χ3n) is 3.50. The lowest BCUT2D eigenvalue weighted by atomic mass is 10.0. The standard InChI is InChI=1S/C17H21N3O2/c18-9-3-6-15(19)17(22)20-16(21)11-12-7-8-13-4-1-2-5-14(13)10-12/h1-2,4-5,7-8,10,15H,3,6,9,11,18-19H2,(H,20,21,22). The summed E-state index contributed by atoms with van der Waals surface area (Å²) in [4.78, 5) is 23.7. The molecule has 116 valence electrons. The van der Waals surface area contributed by atoms with Gasteiger partial charge in [0.25, 0.3) is 0 Å². The van der Waals surface area contributed by atoms with Crippen LogP contribution in [0.15, 0.2) is 42.5 Å². The van der Waals surface area contributed by atoms with Gasteiger partial charge in [-0.05, 0) is 35.7 Å². The van der Waals surface area contributed by atoms with Crippen molar-refractivity contribution in [2.45, 2.75) is 25.3 Å². The maximum absolute atomic E-state index is 11.9. The molecule has 2 rings (SSSR count). The topological polar surface area (TPSA) is 98.2 Å². The molecule has 0 aliphatic rings. The molecule has 5 heteroatoms. The molecule has 0 aromatic heterocycles. The number of nitrogens with one attached hydrogen (secondary N) is 1. The molecule has 2 aromatic rings. The first-order valence-electron chi connectivity index (χ1n) is 7.37. The molecule has 0 saturated carbocycles. The summed E-state index contributed by atoms with van der Waals surface area (Å²) in [6, 6.07) is 13.0. The van der Waals surface area contributed by atoms with Crippen LogP contribution in [0.3, 0.4) is 0 Å². The first-order valence-corrected chi connectivity index (χ1v) is 7.37. The van der Waals surface area contributed by atoms with E-state index in [4.69, 9.17) is 11.5 Å². The molecular formula is C17H21N3O2. The summed E-state index contributed by atoms with van der Waals surface area (Å²) in [5, 5.41) is 4.53. The number of rotatable bonds is 6. The molecule has 0 saturated heterocycles. The van der Waals surface area contributed by atoms with Crippen LogP contribution in [0.4, 0.5) is 0 Å². The highest BCUT2D eigenvalue weighted by atomic mass is 16.2. The second-order valence-corrected chi connectivity index (χ2v) is 5.31. The minimum Gasteiger partial charge on any atom is -0.330 e. The van der Waals surface area contributed by atoms with E-state index in [1.807, 2.05) is 42.5 Å². The molecule has 0 aliphatic carbocycles. The van der Waals surface area contributed by atoms with Gasteiger partial charge in [-0.15, -0.1) is 0 Å². The Morgan fingerprint density at radius 2 is 1.82 bits per heavy atom. The zero-order valence-electron chi connectivity index (χ0n) is 12.4. The van der Waals surface area contributed by atoms with Gasteiger partial charge in [0.15, 0.2) is 0 Å². The fourth-order valence-corrected chi connectivity index (χ4v) is 2.28. The van der Waals surface area contributed by atoms with Crippen LogP contribution in [0.2, 0.25) is 0 Å². The molecule has 0 fully saturated rings. The van der Waals surface area contributed by atoms with E-state index in [2.05, 4.69) is 5.32 Å². The van der Waals surface area contributed by atoms with Gasteiger partial charge in [0, 0.05) is 0 Å². The van der Waals surface area contributed by atoms with Crippen LogP contribution >= 0.6 is 0 Å². The van der Waals surface area contributed by atoms with Gasteiger partial charge in [0.05, 0.1) is 12.5 Å². The zero-order valence-corrected chi connectivity index (χ0v) is 12.4. The average molecular weight is 299 g/mol. The minimum absolute atomic E-state index is 0.153. The van der Waals surface area contributed by atoms with Gasteiger partial charge in [-0.3, -0.25) is 14.9 Å². The van der Waals surface area contributed by atoms with Crippen molar-refractivity contribution in [3.05, 3.63) is 48.0 Å². The van der Waals surface area contributed by atoms with Crippen molar-refractivity contribution in [1.82, 2.24) is 5.32 Å². The summed E-state index contributed by atoms with van der Waals surface area (Å²) in [5.41, 5.74) is 11.9. The molecule has 22 heavy (non-hydrogen) atoms. The highest BCUT2D eigenvalue weighted by Crippen LogP contribution is 2.15. The van der Waals surface area contributed by atoms with Gasteiger partial charge in [-0.2, -0.15) is 0 Å². The smallest absolute Gasteiger partial charge is 0.243 e. The number of hydrogen-bond donors (Lipinski definition) is 3. The summed E-state index contributed by atoms with van der Waals surface area (Å²) in [6.07, 6.45) is 1.29. The predicted octanol–water partition coefficient (Wildman–Crippen LogP) is 1.09. The Bertz CT molecular complexity index is 670. The van der Waals surface area contributed by atoms with Gasteiger partial charge in [0.2, 0.25) is 11.8 Å². The fraction of sp³-hybridized carbons (Fsp3) is 0.294. The largest absolute Gasteiger partial charge is 0.330 e. The summed E-state index contributed by atoms with van der Waals surface area (Å²) >= 11 is 0. The molecule has 0 aliphatic heterocycles. The number of fused-ring (bicyclic) bond motifs is 1. The number of nitrogens with two attached hydrogens (primary N) is 2. The molecule has 5 N–H and O–H groups in total. The molecule has 0 heterocycles. The van der Waals surface area contributed by atoms with Crippen molar-refractivity contribution in [3.8, 4) is 0 Å². The Kier molecular flexibility index (Phi) is 5.63. The van der Waals surface area contributed by atoms with Crippen molar-refractivity contribution in [2.24, 2.45) is 11.5 Å². The van der Waals surface area contributed by atoms with E-state index in [9.17, 15) is 9.59 Å². The summed E-state index contributed by atoms with van der Waals surface area (Å²) < 4.78 is 0. The van der Waals surface area contributed by atoms with Gasteiger partial charge >= 0.3 is 0 Å². The van der Waals surface area contributed by atoms with E-state index in [-0.39, 0.29) is 12.3 Å². The van der Waals surface area contributed by atoms with E-state index >= 15 is 0 Å². The second kappa shape index (κ2) is 7.68. The van der Waals surface area contributed by atoms with Crippen molar-refractivity contribution < 1.29 is 9.59 Å². The molecule has 0 bridgehead atoms. The third-order valence-corrected chi connectivity index (χ3v) is 3.50. The van der Waals surface area contributed by atoms with Crippen LogP contribution in [0.25, 0.3) is 10.8 Å². The second-order valence-electron chi connectivity index (χ2n) is 5.31. The van der Waals surface area contributed by atoms with Crippen molar-refractivity contribution >= 4 is 22.6 Å². The summed E-state index contributed by atoms with van der Waals surface area (Å²) in [6.45, 7) is 0.478. The van der Waals surface area contributed by atoms with Crippen LogP contribution in [-0.2, 0) is 16.0 Å². The van der Waals surface area contributed by atoms with Gasteiger partial charge in [-0.1, -0.05) is 42.5 Å². The van der Waals surface area contributed by atoms with Crippen molar-refractivity contribution in [3.63, 3.8) is 0 Å². The molecular weight excluding hydrogens is 278 g/mol. The molecule has 1 unspecified atom stereocenters. The molecule has 0 radical (unpaired) electrons. The lowest BCUT2D eigenvalue weighted by Crippen LogP contribution is -2.44. The van der Waals surface area contributed by atoms with E-state index in [1.54, 1.807) is 0 Å². The Labute approximate surface area is 129 Å². The quantitative estimate of drug-likeness (QED) is 0.743. The van der Waals surface area contributed by atoms with Crippen LogP contribution in [0.1, 0.15) is 18.4 Å². The van der Waals surface area contributed by atoms with E-state index in [1.165, 1.54) is 0 Å². The normalized spacial score (nSPS) is 12.1. The van der Waals surface area contributed by atoms with E-state index in [0.29, 0.717) is 19.4 Å². The van der Waals surface area contributed by atoms with Crippen LogP contribution < -0.4 is 16.8 Å². The maximum Gasteiger partial charge on any atom is 0.243 e. The lowest BCUT2D eigenvalue weighted by molar-refractivity contribution is -0.130. The number of amides is 2. The summed E-state index contributed by atoms with van der Waals surface area (Å²) in [7, 11) is 0.